The monoisotopic (exact) mass is 412 g/mol. The first-order valence-corrected chi connectivity index (χ1v) is 8.65. The first-order chi connectivity index (χ1) is 14.3. The molecule has 0 aliphatic carbocycles. The van der Waals surface area contributed by atoms with Crippen LogP contribution in [0, 0.1) is 11.3 Å². The van der Waals surface area contributed by atoms with Crippen LogP contribution in [0.15, 0.2) is 66.7 Å². The van der Waals surface area contributed by atoms with Crippen LogP contribution in [0.25, 0.3) is 0 Å². The number of carbonyl (C=O) groups excluding carboxylic acids is 1. The maximum atomic E-state index is 13.2. The van der Waals surface area contributed by atoms with E-state index < -0.39 is 17.6 Å². The summed E-state index contributed by atoms with van der Waals surface area (Å²) in [5.41, 5.74) is -0.736. The fourth-order valence-corrected chi connectivity index (χ4v) is 2.61. The second-order valence-corrected chi connectivity index (χ2v) is 6.14. The summed E-state index contributed by atoms with van der Waals surface area (Å²) in [5.74, 6) is 0.150. The van der Waals surface area contributed by atoms with Crippen molar-refractivity contribution >= 4 is 11.6 Å². The summed E-state index contributed by atoms with van der Waals surface area (Å²) >= 11 is 0. The Kier molecular flexibility index (Phi) is 5.93. The van der Waals surface area contributed by atoms with E-state index >= 15 is 0 Å². The zero-order valence-electron chi connectivity index (χ0n) is 15.7. The van der Waals surface area contributed by atoms with Gasteiger partial charge in [-0.1, -0.05) is 12.1 Å². The number of nitriles is 1. The van der Waals surface area contributed by atoms with Gasteiger partial charge in [0.15, 0.2) is 5.75 Å². The molecule has 0 aliphatic rings. The van der Waals surface area contributed by atoms with Crippen LogP contribution in [0.4, 0.5) is 18.9 Å². The molecule has 5 nitrogen and oxygen atoms in total. The average Bonchev–Trinajstić information content (AvgIpc) is 2.74. The Labute approximate surface area is 170 Å². The van der Waals surface area contributed by atoms with E-state index in [4.69, 9.17) is 14.7 Å². The second kappa shape index (κ2) is 8.57. The number of methoxy groups -OCH3 is 1. The molecule has 3 rings (SSSR count). The van der Waals surface area contributed by atoms with Crippen LogP contribution in [0.1, 0.15) is 21.5 Å². The van der Waals surface area contributed by atoms with Gasteiger partial charge < -0.3 is 14.8 Å². The number of amides is 1. The summed E-state index contributed by atoms with van der Waals surface area (Å²) < 4.78 is 50.3. The fraction of sp³-hybridized carbons (Fsp3) is 0.0909. The smallest absolute Gasteiger partial charge is 0.416 e. The van der Waals surface area contributed by atoms with E-state index in [0.29, 0.717) is 11.5 Å². The number of ether oxygens (including phenoxy) is 2. The van der Waals surface area contributed by atoms with E-state index in [-0.39, 0.29) is 22.6 Å². The van der Waals surface area contributed by atoms with Gasteiger partial charge in [0, 0.05) is 11.6 Å². The van der Waals surface area contributed by atoms with Crippen molar-refractivity contribution in [2.45, 2.75) is 6.18 Å². The average molecular weight is 412 g/mol. The summed E-state index contributed by atoms with van der Waals surface area (Å²) in [6.45, 7) is 0. The third-order valence-electron chi connectivity index (χ3n) is 4.08. The summed E-state index contributed by atoms with van der Waals surface area (Å²) in [5, 5.41) is 11.4. The number of nitrogens with zero attached hydrogens (tertiary/aromatic N) is 1. The van der Waals surface area contributed by atoms with Gasteiger partial charge in [0.2, 0.25) is 0 Å². The molecule has 1 N–H and O–H groups in total. The number of hydrogen-bond acceptors (Lipinski definition) is 4. The maximum absolute atomic E-state index is 13.2. The van der Waals surface area contributed by atoms with Crippen molar-refractivity contribution in [3.63, 3.8) is 0 Å². The van der Waals surface area contributed by atoms with Crippen LogP contribution in [-0.2, 0) is 6.18 Å². The highest BCUT2D eigenvalue weighted by atomic mass is 19.4. The second-order valence-electron chi connectivity index (χ2n) is 6.14. The van der Waals surface area contributed by atoms with Crippen molar-refractivity contribution in [2.24, 2.45) is 0 Å². The van der Waals surface area contributed by atoms with Crippen LogP contribution in [0.5, 0.6) is 17.2 Å². The molecule has 3 aromatic carbocycles. The lowest BCUT2D eigenvalue weighted by atomic mass is 10.1. The molecule has 3 aromatic rings. The molecule has 0 spiro atoms. The number of nitrogens with one attached hydrogen (secondary N) is 1. The van der Waals surface area contributed by atoms with Gasteiger partial charge in [-0.2, -0.15) is 18.4 Å². The predicted molar refractivity (Wildman–Crippen MR) is 104 cm³/mol. The summed E-state index contributed by atoms with van der Waals surface area (Å²) in [6, 6.07) is 17.0. The molecule has 0 saturated heterocycles. The van der Waals surface area contributed by atoms with E-state index in [1.165, 1.54) is 31.4 Å². The number of rotatable bonds is 5. The van der Waals surface area contributed by atoms with Crippen LogP contribution in [0.2, 0.25) is 0 Å². The Morgan fingerprint density at radius 1 is 1.00 bits per heavy atom. The van der Waals surface area contributed by atoms with Gasteiger partial charge in [-0.15, -0.1) is 0 Å². The highest BCUT2D eigenvalue weighted by molar-refractivity contribution is 6.05. The van der Waals surface area contributed by atoms with Gasteiger partial charge in [0.05, 0.1) is 30.0 Å². The number of hydrogen-bond donors (Lipinski definition) is 1. The predicted octanol–water partition coefficient (Wildman–Crippen LogP) is 5.63. The molecular weight excluding hydrogens is 397 g/mol. The molecule has 30 heavy (non-hydrogen) atoms. The van der Waals surface area contributed by atoms with E-state index in [1.54, 1.807) is 24.3 Å². The minimum Gasteiger partial charge on any atom is -0.497 e. The van der Waals surface area contributed by atoms with Crippen LogP contribution in [-0.4, -0.2) is 13.0 Å². The number of anilines is 1. The van der Waals surface area contributed by atoms with Gasteiger partial charge in [-0.25, -0.2) is 0 Å². The van der Waals surface area contributed by atoms with Gasteiger partial charge in [-0.3, -0.25) is 4.79 Å². The van der Waals surface area contributed by atoms with E-state index in [1.807, 2.05) is 6.07 Å². The standard InChI is InChI=1S/C22H15F3N2O3/c1-29-17-6-3-7-18(12-17)30-20-9-8-16(22(23,24)25)11-19(20)27-21(28)15-5-2-4-14(10-15)13-26/h2-12H,1H3,(H,27,28). The number of halogens is 3. The molecule has 0 unspecified atom stereocenters. The molecule has 0 bridgehead atoms. The zero-order chi connectivity index (χ0) is 21.7. The summed E-state index contributed by atoms with van der Waals surface area (Å²) in [7, 11) is 1.47. The van der Waals surface area contributed by atoms with Crippen molar-refractivity contribution in [2.75, 3.05) is 12.4 Å². The zero-order valence-corrected chi connectivity index (χ0v) is 15.7. The third-order valence-corrected chi connectivity index (χ3v) is 4.08. The Morgan fingerprint density at radius 2 is 1.73 bits per heavy atom. The van der Waals surface area contributed by atoms with Crippen LogP contribution < -0.4 is 14.8 Å². The Bertz CT molecular complexity index is 1120. The molecule has 0 saturated carbocycles. The third kappa shape index (κ3) is 4.89. The number of alkyl halides is 3. The van der Waals surface area contributed by atoms with Crippen molar-refractivity contribution in [1.82, 2.24) is 0 Å². The molecule has 0 radical (unpaired) electrons. The highest BCUT2D eigenvalue weighted by Crippen LogP contribution is 2.37. The van der Waals surface area contributed by atoms with Crippen LogP contribution in [0.3, 0.4) is 0 Å². The number of benzene rings is 3. The highest BCUT2D eigenvalue weighted by Gasteiger charge is 2.31. The fourth-order valence-electron chi connectivity index (χ4n) is 2.61. The van der Waals surface area contributed by atoms with Crippen LogP contribution >= 0.6 is 0 Å². The molecule has 1 amide bonds. The number of carbonyl (C=O) groups is 1. The maximum Gasteiger partial charge on any atom is 0.416 e. The summed E-state index contributed by atoms with van der Waals surface area (Å²) in [6.07, 6.45) is -4.60. The van der Waals surface area contributed by atoms with E-state index in [9.17, 15) is 18.0 Å². The lowest BCUT2D eigenvalue weighted by Crippen LogP contribution is -2.14. The SMILES string of the molecule is COc1cccc(Oc2ccc(C(F)(F)F)cc2NC(=O)c2cccc(C#N)c2)c1. The Balaban J connectivity index is 1.96. The lowest BCUT2D eigenvalue weighted by molar-refractivity contribution is -0.137. The van der Waals surface area contributed by atoms with Crippen molar-refractivity contribution in [3.8, 4) is 23.3 Å². The Morgan fingerprint density at radius 3 is 2.43 bits per heavy atom. The molecule has 0 atom stereocenters. The molecule has 0 heterocycles. The van der Waals surface area contributed by atoms with E-state index in [0.717, 1.165) is 18.2 Å². The van der Waals surface area contributed by atoms with E-state index in [2.05, 4.69) is 5.32 Å². The quantitative estimate of drug-likeness (QED) is 0.590. The molecule has 152 valence electrons. The topological polar surface area (TPSA) is 71.3 Å². The summed E-state index contributed by atoms with van der Waals surface area (Å²) in [4.78, 5) is 12.6. The largest absolute Gasteiger partial charge is 0.497 e. The molecule has 0 fully saturated rings. The van der Waals surface area contributed by atoms with Gasteiger partial charge >= 0.3 is 6.18 Å². The van der Waals surface area contributed by atoms with Gasteiger partial charge in [0.1, 0.15) is 11.5 Å². The molecular formula is C22H15F3N2O3. The molecule has 8 heteroatoms. The molecule has 0 aliphatic heterocycles. The lowest BCUT2D eigenvalue weighted by Gasteiger charge is -2.15. The van der Waals surface area contributed by atoms with Crippen molar-refractivity contribution in [3.05, 3.63) is 83.4 Å². The van der Waals surface area contributed by atoms with Crippen molar-refractivity contribution < 1.29 is 27.4 Å². The van der Waals surface area contributed by atoms with Gasteiger partial charge in [-0.05, 0) is 48.5 Å². The first-order valence-electron chi connectivity index (χ1n) is 8.65. The normalized spacial score (nSPS) is 10.8. The Hall–Kier alpha value is -3.99. The van der Waals surface area contributed by atoms with Gasteiger partial charge in [0.25, 0.3) is 5.91 Å². The minimum absolute atomic E-state index is 0.0149. The van der Waals surface area contributed by atoms with Crippen molar-refractivity contribution in [1.29, 1.82) is 5.26 Å². The minimum atomic E-state index is -4.60. The first kappa shape index (κ1) is 20.7. The molecule has 0 aromatic heterocycles.